The number of benzene rings is 1. The predicted octanol–water partition coefficient (Wildman–Crippen LogP) is 2.73. The Morgan fingerprint density at radius 2 is 2.22 bits per heavy atom. The van der Waals surface area contributed by atoms with E-state index in [0.29, 0.717) is 11.3 Å². The zero-order valence-electron chi connectivity index (χ0n) is 12.5. The normalized spacial score (nSPS) is 29.3. The lowest BCUT2D eigenvalue weighted by atomic mass is 9.93. The Morgan fingerprint density at radius 1 is 1.56 bits per heavy atom. The van der Waals surface area contributed by atoms with Crippen LogP contribution in [0.25, 0.3) is 0 Å². The van der Waals surface area contributed by atoms with E-state index in [1.54, 1.807) is 6.07 Å². The van der Waals surface area contributed by atoms with Gasteiger partial charge in [0.1, 0.15) is 0 Å². The monoisotopic (exact) mass is 314 g/mol. The Kier molecular flexibility index (Phi) is 3.78. The molecular formula is C14H21BrN2O. The highest BCUT2D eigenvalue weighted by molar-refractivity contribution is 9.10. The lowest BCUT2D eigenvalue weighted by Gasteiger charge is -2.26. The number of nitrogen functional groups attached to an aromatic ring is 1. The van der Waals surface area contributed by atoms with Crippen molar-refractivity contribution >= 4 is 21.6 Å². The first-order valence-corrected chi connectivity index (χ1v) is 7.11. The van der Waals surface area contributed by atoms with Crippen LogP contribution in [0.15, 0.2) is 16.6 Å². The molecule has 0 bridgehead atoms. The molecule has 1 atom stereocenters. The summed E-state index contributed by atoms with van der Waals surface area (Å²) in [5.74, 6) is 0. The van der Waals surface area contributed by atoms with Crippen LogP contribution >= 0.6 is 15.9 Å². The minimum absolute atomic E-state index is 0.0760. The van der Waals surface area contributed by atoms with E-state index in [1.165, 1.54) is 0 Å². The molecule has 1 aromatic carbocycles. The van der Waals surface area contributed by atoms with Crippen LogP contribution < -0.4 is 11.1 Å². The quantitative estimate of drug-likeness (QED) is 0.594. The van der Waals surface area contributed by atoms with Crippen LogP contribution in [0.4, 0.5) is 5.69 Å². The molecule has 1 unspecified atom stereocenters. The molecule has 2 rings (SSSR count). The van der Waals surface area contributed by atoms with Crippen molar-refractivity contribution in [3.05, 3.63) is 27.7 Å². The Balaban J connectivity index is 2.18. The summed E-state index contributed by atoms with van der Waals surface area (Å²) in [5.41, 5.74) is 7.86. The van der Waals surface area contributed by atoms with E-state index in [1.807, 2.05) is 13.0 Å². The Bertz CT molecular complexity index is 488. The fraction of sp³-hybridized carbons (Fsp3) is 0.571. The smallest absolute Gasteiger partial charge is 0.0541 e. The van der Waals surface area contributed by atoms with Gasteiger partial charge in [-0.3, -0.25) is 0 Å². The largest absolute Gasteiger partial charge is 0.398 e. The van der Waals surface area contributed by atoms with Gasteiger partial charge >= 0.3 is 0 Å². The van der Waals surface area contributed by atoms with Crippen molar-refractivity contribution in [1.82, 2.24) is 5.32 Å². The summed E-state index contributed by atoms with van der Waals surface area (Å²) in [7, 11) is 0. The molecule has 4 heteroatoms. The highest BCUT2D eigenvalue weighted by atomic mass is 79.9. The topological polar surface area (TPSA) is 58.3 Å². The second-order valence-corrected chi connectivity index (χ2v) is 5.84. The number of aliphatic hydroxyl groups is 1. The van der Waals surface area contributed by atoms with Crippen LogP contribution in [-0.4, -0.2) is 17.3 Å². The number of nitrogens with two attached hydrogens (primary N) is 1. The molecule has 1 aromatic rings. The molecule has 0 aliphatic heterocycles. The van der Waals surface area contributed by atoms with Gasteiger partial charge in [0.15, 0.2) is 0 Å². The number of halogens is 1. The summed E-state index contributed by atoms with van der Waals surface area (Å²) in [6, 6.07) is 3.74. The van der Waals surface area contributed by atoms with E-state index in [-0.39, 0.29) is 12.1 Å². The Hall–Kier alpha value is -0.580. The number of hydrogen-bond donors (Lipinski definition) is 3. The molecule has 0 amide bonds. The van der Waals surface area contributed by atoms with Crippen LogP contribution in [-0.2, 0) is 6.50 Å². The number of anilines is 1. The molecule has 18 heavy (non-hydrogen) atoms. The van der Waals surface area contributed by atoms with Crippen molar-refractivity contribution in [1.29, 1.82) is 0 Å². The van der Waals surface area contributed by atoms with E-state index in [0.717, 1.165) is 35.7 Å². The molecule has 1 saturated carbocycles. The SMILES string of the molecule is [1H][13C]([2H])(NC1CCC(O)CC1)c1cc(C)cc(Br)c1N. The van der Waals surface area contributed by atoms with Gasteiger partial charge in [0.25, 0.3) is 0 Å². The molecule has 0 spiro atoms. The molecule has 0 saturated heterocycles. The van der Waals surface area contributed by atoms with Crippen LogP contribution in [0, 0.1) is 6.92 Å². The van der Waals surface area contributed by atoms with Gasteiger partial charge in [-0.1, -0.05) is 6.07 Å². The number of rotatable bonds is 3. The number of nitrogens with one attached hydrogen (secondary N) is 1. The van der Waals surface area contributed by atoms with Crippen molar-refractivity contribution in [2.75, 3.05) is 5.73 Å². The minimum Gasteiger partial charge on any atom is -0.398 e. The maximum atomic E-state index is 9.51. The summed E-state index contributed by atoms with van der Waals surface area (Å²) in [4.78, 5) is 0. The van der Waals surface area contributed by atoms with Crippen LogP contribution in [0.5, 0.6) is 0 Å². The predicted molar refractivity (Wildman–Crippen MR) is 78.4 cm³/mol. The third kappa shape index (κ3) is 3.46. The van der Waals surface area contributed by atoms with Gasteiger partial charge in [0.05, 0.1) is 11.8 Å². The van der Waals surface area contributed by atoms with Gasteiger partial charge in [-0.25, -0.2) is 0 Å². The maximum Gasteiger partial charge on any atom is 0.0541 e. The van der Waals surface area contributed by atoms with Crippen LogP contribution in [0.1, 0.15) is 39.6 Å². The third-order valence-corrected chi connectivity index (χ3v) is 4.04. The fourth-order valence-corrected chi connectivity index (χ4v) is 2.83. The van der Waals surface area contributed by atoms with Crippen molar-refractivity contribution in [3.63, 3.8) is 0 Å². The molecule has 0 aromatic heterocycles. The highest BCUT2D eigenvalue weighted by Gasteiger charge is 2.19. The van der Waals surface area contributed by atoms with E-state index in [4.69, 9.17) is 8.48 Å². The Labute approximate surface area is 120 Å². The highest BCUT2D eigenvalue weighted by Crippen LogP contribution is 2.26. The van der Waals surface area contributed by atoms with E-state index in [2.05, 4.69) is 21.2 Å². The first-order chi connectivity index (χ1) is 9.29. The number of aliphatic hydroxyl groups excluding tert-OH is 1. The zero-order chi connectivity index (χ0) is 14.9. The van der Waals surface area contributed by atoms with E-state index in [9.17, 15) is 5.11 Å². The average molecular weight is 315 g/mol. The van der Waals surface area contributed by atoms with Crippen molar-refractivity contribution in [3.8, 4) is 0 Å². The van der Waals surface area contributed by atoms with Crippen LogP contribution in [0.3, 0.4) is 0 Å². The lowest BCUT2D eigenvalue weighted by molar-refractivity contribution is 0.116. The number of hydrogen-bond acceptors (Lipinski definition) is 3. The second kappa shape index (κ2) is 6.04. The third-order valence-electron chi connectivity index (χ3n) is 3.38. The van der Waals surface area contributed by atoms with Gasteiger partial charge in [-0.15, -0.1) is 0 Å². The molecule has 1 aliphatic rings. The van der Waals surface area contributed by atoms with Gasteiger partial charge in [0, 0.05) is 19.8 Å². The molecule has 4 N–H and O–H groups in total. The summed E-state index contributed by atoms with van der Waals surface area (Å²) in [6.45, 7) is 0.242. The first kappa shape index (κ1) is 11.3. The first-order valence-electron chi connectivity index (χ1n) is 7.31. The molecular weight excluding hydrogens is 293 g/mol. The standard InChI is InChI=1S/C14H21BrN2O/c1-9-6-10(14(16)13(15)7-9)8-17-11-2-4-12(18)5-3-11/h6-7,11-12,17-18H,2-5,8,16H2,1H3/i8+1DH. The molecule has 0 heterocycles. The van der Waals surface area contributed by atoms with Gasteiger partial charge in [0.2, 0.25) is 0 Å². The summed E-state index contributed by atoms with van der Waals surface area (Å²) in [6.07, 6.45) is 2.78. The number of aryl methyl sites for hydroxylation is 1. The molecule has 1 aliphatic carbocycles. The van der Waals surface area contributed by atoms with Crippen molar-refractivity contribution in [2.24, 2.45) is 0 Å². The summed E-state index contributed by atoms with van der Waals surface area (Å²) >= 11 is 3.37. The van der Waals surface area contributed by atoms with Crippen LogP contribution in [0.2, 0.25) is 0 Å². The minimum atomic E-state index is -1.68. The second-order valence-electron chi connectivity index (χ2n) is 4.98. The molecule has 0 radical (unpaired) electrons. The zero-order valence-corrected chi connectivity index (χ0v) is 12.1. The fourth-order valence-electron chi connectivity index (χ4n) is 2.26. The van der Waals surface area contributed by atoms with Crippen molar-refractivity contribution < 1.29 is 7.85 Å². The maximum absolute atomic E-state index is 9.51. The van der Waals surface area contributed by atoms with E-state index < -0.39 is 6.50 Å². The van der Waals surface area contributed by atoms with Gasteiger partial charge < -0.3 is 16.2 Å². The van der Waals surface area contributed by atoms with Gasteiger partial charge in [-0.2, -0.15) is 0 Å². The Morgan fingerprint density at radius 3 is 2.89 bits per heavy atom. The van der Waals surface area contributed by atoms with Gasteiger partial charge in [-0.05, 0) is 65.7 Å². The van der Waals surface area contributed by atoms with Crippen molar-refractivity contribution in [2.45, 2.75) is 51.2 Å². The van der Waals surface area contributed by atoms with E-state index >= 15 is 0 Å². The average Bonchev–Trinajstić information content (AvgIpc) is 2.36. The molecule has 1 fully saturated rings. The molecule has 100 valence electrons. The summed E-state index contributed by atoms with van der Waals surface area (Å²) < 4.78 is 17.3. The molecule has 3 nitrogen and oxygen atoms in total. The summed E-state index contributed by atoms with van der Waals surface area (Å²) in [5, 5.41) is 12.6. The lowest BCUT2D eigenvalue weighted by Crippen LogP contribution is -2.34.